The first-order chi connectivity index (χ1) is 12.8. The number of carboxylic acids is 1. The Kier molecular flexibility index (Phi) is 5.74. The predicted octanol–water partition coefficient (Wildman–Crippen LogP) is 3.29. The fraction of sp³-hybridized carbons (Fsp3) is 0.579. The number of alkyl halides is 3. The van der Waals surface area contributed by atoms with E-state index in [0.29, 0.717) is 38.0 Å². The van der Waals surface area contributed by atoms with Crippen LogP contribution in [0.4, 0.5) is 13.2 Å². The van der Waals surface area contributed by atoms with Gasteiger partial charge in [-0.05, 0) is 36.8 Å². The highest BCUT2D eigenvalue weighted by Gasteiger charge is 2.47. The molecule has 1 saturated carbocycles. The van der Waals surface area contributed by atoms with Gasteiger partial charge in [-0.3, -0.25) is 9.59 Å². The summed E-state index contributed by atoms with van der Waals surface area (Å²) in [5, 5.41) is 8.96. The van der Waals surface area contributed by atoms with E-state index in [2.05, 4.69) is 0 Å². The van der Waals surface area contributed by atoms with Gasteiger partial charge in [-0.15, -0.1) is 0 Å². The Morgan fingerprint density at radius 3 is 2.56 bits per heavy atom. The Labute approximate surface area is 155 Å². The minimum absolute atomic E-state index is 0.0756. The number of hydrogen-bond acceptors (Lipinski definition) is 3. The van der Waals surface area contributed by atoms with Gasteiger partial charge in [-0.2, -0.15) is 13.2 Å². The zero-order chi connectivity index (χ0) is 19.6. The van der Waals surface area contributed by atoms with E-state index >= 15 is 0 Å². The van der Waals surface area contributed by atoms with Crippen molar-refractivity contribution in [2.24, 2.45) is 5.92 Å². The first kappa shape index (κ1) is 19.7. The molecule has 2 fully saturated rings. The number of benzene rings is 1. The molecule has 2 aliphatic rings. The van der Waals surface area contributed by atoms with Crippen LogP contribution in [-0.4, -0.2) is 47.7 Å². The van der Waals surface area contributed by atoms with Crippen LogP contribution < -0.4 is 0 Å². The number of rotatable bonds is 6. The van der Waals surface area contributed by atoms with Crippen molar-refractivity contribution in [3.8, 4) is 0 Å². The zero-order valence-electron chi connectivity index (χ0n) is 14.7. The van der Waals surface area contributed by atoms with E-state index in [9.17, 15) is 22.8 Å². The molecule has 1 aromatic carbocycles. The summed E-state index contributed by atoms with van der Waals surface area (Å²) in [6.45, 7) is 1.15. The number of halogens is 3. The van der Waals surface area contributed by atoms with Gasteiger partial charge < -0.3 is 14.7 Å². The van der Waals surface area contributed by atoms with Crippen molar-refractivity contribution in [1.29, 1.82) is 0 Å². The van der Waals surface area contributed by atoms with E-state index in [0.717, 1.165) is 12.1 Å². The number of aliphatic carboxylic acids is 1. The van der Waals surface area contributed by atoms with E-state index in [4.69, 9.17) is 9.84 Å². The Morgan fingerprint density at radius 1 is 1.22 bits per heavy atom. The number of ether oxygens (including phenoxy) is 1. The molecule has 1 N–H and O–H groups in total. The normalized spacial score (nSPS) is 23.1. The summed E-state index contributed by atoms with van der Waals surface area (Å²) in [7, 11) is 0. The summed E-state index contributed by atoms with van der Waals surface area (Å²) < 4.78 is 44.0. The fourth-order valence-corrected chi connectivity index (χ4v) is 3.68. The average molecular weight is 385 g/mol. The molecule has 0 unspecified atom stereocenters. The van der Waals surface area contributed by atoms with E-state index < -0.39 is 17.7 Å². The van der Waals surface area contributed by atoms with Crippen LogP contribution in [0.2, 0.25) is 0 Å². The van der Waals surface area contributed by atoms with Crippen molar-refractivity contribution in [2.75, 3.05) is 19.8 Å². The number of hydrogen-bond donors (Lipinski definition) is 1. The molecule has 1 aromatic rings. The molecule has 0 spiro atoms. The van der Waals surface area contributed by atoms with Crippen LogP contribution in [0.15, 0.2) is 24.3 Å². The van der Waals surface area contributed by atoms with E-state index in [1.165, 1.54) is 6.07 Å². The van der Waals surface area contributed by atoms with Gasteiger partial charge in [0, 0.05) is 31.7 Å². The maximum Gasteiger partial charge on any atom is 0.416 e. The summed E-state index contributed by atoms with van der Waals surface area (Å²) in [6.07, 6.45) is -2.78. The highest BCUT2D eigenvalue weighted by atomic mass is 19.4. The third kappa shape index (κ3) is 4.80. The maximum atomic E-state index is 13.0. The van der Waals surface area contributed by atoms with Crippen LogP contribution in [0.25, 0.3) is 0 Å². The lowest BCUT2D eigenvalue weighted by atomic mass is 10.0. The van der Waals surface area contributed by atoms with Crippen LogP contribution >= 0.6 is 0 Å². The molecule has 1 amide bonds. The number of nitrogens with zero attached hydrogens (tertiary/aromatic N) is 1. The van der Waals surface area contributed by atoms with Crippen molar-refractivity contribution in [2.45, 2.75) is 43.8 Å². The highest BCUT2D eigenvalue weighted by Crippen LogP contribution is 2.49. The number of carboxylic acid groups (broad SMARTS) is 1. The molecule has 0 radical (unpaired) electrons. The Hall–Kier alpha value is -2.09. The molecule has 0 aromatic heterocycles. The van der Waals surface area contributed by atoms with Gasteiger partial charge >= 0.3 is 12.1 Å². The summed E-state index contributed by atoms with van der Waals surface area (Å²) in [4.78, 5) is 25.5. The molecule has 3 rings (SSSR count). The fourth-order valence-electron chi connectivity index (χ4n) is 3.68. The lowest BCUT2D eigenvalue weighted by Gasteiger charge is -2.34. The van der Waals surface area contributed by atoms with Gasteiger partial charge in [0.25, 0.3) is 0 Å². The van der Waals surface area contributed by atoms with Crippen molar-refractivity contribution >= 4 is 11.9 Å². The highest BCUT2D eigenvalue weighted by molar-refractivity contribution is 5.83. The lowest BCUT2D eigenvalue weighted by Crippen LogP contribution is -2.45. The van der Waals surface area contributed by atoms with E-state index in [-0.39, 0.29) is 36.8 Å². The lowest BCUT2D eigenvalue weighted by molar-refractivity contribution is -0.141. The molecule has 27 heavy (non-hydrogen) atoms. The topological polar surface area (TPSA) is 66.8 Å². The second kappa shape index (κ2) is 7.88. The minimum Gasteiger partial charge on any atom is -0.481 e. The SMILES string of the molecule is O=C(O)CCN(C(=O)[C@@H]1C[C@@H]1c1cccc(C(F)(F)F)c1)C1CCOCC1. The summed E-state index contributed by atoms with van der Waals surface area (Å²) >= 11 is 0. The van der Waals surface area contributed by atoms with Crippen molar-refractivity contribution in [3.05, 3.63) is 35.4 Å². The standard InChI is InChI=1S/C19H22F3NO4/c20-19(21,22)13-3-1-2-12(10-13)15-11-16(15)18(26)23(7-4-17(24)25)14-5-8-27-9-6-14/h1-3,10,14-16H,4-9,11H2,(H,24,25)/t15-,16-/m1/s1. The van der Waals surface area contributed by atoms with Crippen molar-refractivity contribution in [1.82, 2.24) is 4.90 Å². The van der Waals surface area contributed by atoms with Gasteiger partial charge in [0.05, 0.1) is 12.0 Å². The molecular formula is C19H22F3NO4. The zero-order valence-corrected chi connectivity index (χ0v) is 14.7. The van der Waals surface area contributed by atoms with Gasteiger partial charge in [0.2, 0.25) is 5.91 Å². The summed E-state index contributed by atoms with van der Waals surface area (Å²) in [5.41, 5.74) is -0.210. The molecule has 1 aliphatic heterocycles. The van der Waals surface area contributed by atoms with Gasteiger partial charge in [-0.25, -0.2) is 0 Å². The third-order valence-corrected chi connectivity index (χ3v) is 5.23. The van der Waals surface area contributed by atoms with Crippen molar-refractivity contribution in [3.63, 3.8) is 0 Å². The smallest absolute Gasteiger partial charge is 0.416 e. The predicted molar refractivity (Wildman–Crippen MR) is 90.1 cm³/mol. The summed E-state index contributed by atoms with van der Waals surface area (Å²) in [5.74, 6) is -1.77. The minimum atomic E-state index is -4.42. The van der Waals surface area contributed by atoms with Crippen LogP contribution in [0.3, 0.4) is 0 Å². The Bertz CT molecular complexity index is 700. The van der Waals surface area contributed by atoms with Crippen LogP contribution in [-0.2, 0) is 20.5 Å². The molecule has 0 bridgehead atoms. The molecule has 1 aliphatic carbocycles. The van der Waals surface area contributed by atoms with Crippen molar-refractivity contribution < 1.29 is 32.6 Å². The number of carbonyl (C=O) groups is 2. The second-order valence-corrected chi connectivity index (χ2v) is 7.09. The van der Waals surface area contributed by atoms with E-state index in [1.807, 2.05) is 0 Å². The van der Waals surface area contributed by atoms with Crippen LogP contribution in [0.1, 0.15) is 42.7 Å². The quantitative estimate of drug-likeness (QED) is 0.816. The molecule has 5 nitrogen and oxygen atoms in total. The molecule has 8 heteroatoms. The van der Waals surface area contributed by atoms with E-state index in [1.54, 1.807) is 11.0 Å². The first-order valence-corrected chi connectivity index (χ1v) is 9.04. The van der Waals surface area contributed by atoms with Gasteiger partial charge in [0.15, 0.2) is 0 Å². The van der Waals surface area contributed by atoms with Gasteiger partial charge in [-0.1, -0.05) is 18.2 Å². The second-order valence-electron chi connectivity index (χ2n) is 7.09. The molecule has 148 valence electrons. The molecule has 1 saturated heterocycles. The van der Waals surface area contributed by atoms with Crippen LogP contribution in [0, 0.1) is 5.92 Å². The largest absolute Gasteiger partial charge is 0.481 e. The summed E-state index contributed by atoms with van der Waals surface area (Å²) in [6, 6.07) is 5.02. The maximum absolute atomic E-state index is 13.0. The number of amides is 1. The number of carbonyl (C=O) groups excluding carboxylic acids is 1. The Balaban J connectivity index is 1.71. The average Bonchev–Trinajstić information content (AvgIpc) is 3.42. The van der Waals surface area contributed by atoms with Crippen LogP contribution in [0.5, 0.6) is 0 Å². The monoisotopic (exact) mass is 385 g/mol. The van der Waals surface area contributed by atoms with Gasteiger partial charge in [0.1, 0.15) is 0 Å². The third-order valence-electron chi connectivity index (χ3n) is 5.23. The molecular weight excluding hydrogens is 363 g/mol. The molecule has 1 heterocycles. The molecule has 2 atom stereocenters. The first-order valence-electron chi connectivity index (χ1n) is 9.04. The Morgan fingerprint density at radius 2 is 1.93 bits per heavy atom.